The van der Waals surface area contributed by atoms with Gasteiger partial charge in [-0.15, -0.1) is 0 Å². The van der Waals surface area contributed by atoms with Gasteiger partial charge in [-0.3, -0.25) is 9.59 Å². The maximum absolute atomic E-state index is 13.6. The number of carbonyl (C=O) groups excluding carboxylic acids is 2. The summed E-state index contributed by atoms with van der Waals surface area (Å²) >= 11 is 0. The number of Topliss-reactive ketones (excluding diaryl/α,β-unsaturated/α-hetero) is 1. The summed E-state index contributed by atoms with van der Waals surface area (Å²) in [4.78, 5) is 26.2. The van der Waals surface area contributed by atoms with Crippen LogP contribution < -0.4 is 5.32 Å². The van der Waals surface area contributed by atoms with Crippen molar-refractivity contribution in [2.75, 3.05) is 26.2 Å². The molecule has 2 aliphatic rings. The van der Waals surface area contributed by atoms with Gasteiger partial charge in [-0.2, -0.15) is 0 Å². The first kappa shape index (κ1) is 14.2. The molecule has 0 bridgehead atoms. The quantitative estimate of drug-likeness (QED) is 0.780. The lowest BCUT2D eigenvalue weighted by Gasteiger charge is -2.28. The Labute approximate surface area is 121 Å². The molecular weight excluding hydrogens is 275 g/mol. The molecule has 2 fully saturated rings. The fourth-order valence-electron chi connectivity index (χ4n) is 2.78. The summed E-state index contributed by atoms with van der Waals surface area (Å²) in [6.07, 6.45) is 0.0724. The minimum absolute atomic E-state index is 0.0724. The lowest BCUT2D eigenvalue weighted by atomic mass is 10.0. The van der Waals surface area contributed by atoms with E-state index < -0.39 is 23.1 Å². The largest absolute Gasteiger partial charge is 0.381 e. The SMILES string of the molecule is O=C(C1CC1(O)C(=O)c1ccccc1F)N1CCNCC1. The number of aliphatic hydroxyl groups is 1. The van der Waals surface area contributed by atoms with Crippen LogP contribution in [0.1, 0.15) is 16.8 Å². The number of hydrogen-bond donors (Lipinski definition) is 2. The molecule has 1 aliphatic carbocycles. The van der Waals surface area contributed by atoms with Gasteiger partial charge in [0, 0.05) is 26.2 Å². The number of nitrogens with one attached hydrogen (secondary N) is 1. The number of carbonyl (C=O) groups is 2. The van der Waals surface area contributed by atoms with Gasteiger partial charge in [0.25, 0.3) is 0 Å². The summed E-state index contributed by atoms with van der Waals surface area (Å²) in [5.74, 6) is -2.34. The van der Waals surface area contributed by atoms with Crippen LogP contribution >= 0.6 is 0 Å². The summed E-state index contributed by atoms with van der Waals surface area (Å²) in [7, 11) is 0. The summed E-state index contributed by atoms with van der Waals surface area (Å²) in [6.45, 7) is 2.55. The van der Waals surface area contributed by atoms with E-state index in [1.807, 2.05) is 0 Å². The molecule has 5 nitrogen and oxygen atoms in total. The molecule has 0 spiro atoms. The first-order chi connectivity index (χ1) is 10.0. The van der Waals surface area contributed by atoms with Crippen LogP contribution in [0.5, 0.6) is 0 Å². The van der Waals surface area contributed by atoms with Crippen molar-refractivity contribution in [1.82, 2.24) is 10.2 Å². The van der Waals surface area contributed by atoms with Crippen molar-refractivity contribution in [1.29, 1.82) is 0 Å². The van der Waals surface area contributed by atoms with E-state index in [0.29, 0.717) is 26.2 Å². The van der Waals surface area contributed by atoms with E-state index in [1.165, 1.54) is 24.3 Å². The van der Waals surface area contributed by atoms with Crippen LogP contribution in [0.2, 0.25) is 0 Å². The molecule has 1 aliphatic heterocycles. The van der Waals surface area contributed by atoms with Crippen molar-refractivity contribution in [3.63, 3.8) is 0 Å². The molecule has 1 saturated carbocycles. The number of halogens is 1. The zero-order valence-corrected chi connectivity index (χ0v) is 11.5. The third-order valence-electron chi connectivity index (χ3n) is 4.17. The minimum atomic E-state index is -1.75. The predicted molar refractivity (Wildman–Crippen MR) is 73.2 cm³/mol. The van der Waals surface area contributed by atoms with E-state index in [1.54, 1.807) is 4.90 Å². The molecule has 1 amide bonds. The molecule has 2 N–H and O–H groups in total. The average Bonchev–Trinajstić information content (AvgIpc) is 3.21. The highest BCUT2D eigenvalue weighted by atomic mass is 19.1. The van der Waals surface area contributed by atoms with Crippen LogP contribution in [0, 0.1) is 11.7 Å². The van der Waals surface area contributed by atoms with Crippen molar-refractivity contribution in [3.8, 4) is 0 Å². The van der Waals surface area contributed by atoms with Gasteiger partial charge >= 0.3 is 0 Å². The van der Waals surface area contributed by atoms with Crippen molar-refractivity contribution in [2.45, 2.75) is 12.0 Å². The summed E-state index contributed by atoms with van der Waals surface area (Å²) in [5.41, 5.74) is -1.90. The number of amides is 1. The topological polar surface area (TPSA) is 69.6 Å². The third kappa shape index (κ3) is 2.45. The molecule has 2 atom stereocenters. The molecule has 6 heteroatoms. The molecule has 1 heterocycles. The summed E-state index contributed by atoms with van der Waals surface area (Å²) in [5, 5.41) is 13.5. The number of ketones is 1. The molecule has 2 unspecified atom stereocenters. The molecule has 0 radical (unpaired) electrons. The van der Waals surface area contributed by atoms with E-state index in [-0.39, 0.29) is 17.9 Å². The maximum Gasteiger partial charge on any atom is 0.229 e. The molecule has 112 valence electrons. The predicted octanol–water partition coefficient (Wildman–Crippen LogP) is 0.191. The highest BCUT2D eigenvalue weighted by molar-refractivity contribution is 6.08. The van der Waals surface area contributed by atoms with Gasteiger partial charge < -0.3 is 15.3 Å². The molecule has 1 aromatic rings. The molecule has 1 aromatic carbocycles. The number of piperazine rings is 1. The lowest BCUT2D eigenvalue weighted by Crippen LogP contribution is -2.48. The van der Waals surface area contributed by atoms with E-state index in [2.05, 4.69) is 5.32 Å². The van der Waals surface area contributed by atoms with E-state index in [9.17, 15) is 19.1 Å². The second-order valence-electron chi connectivity index (χ2n) is 5.57. The highest BCUT2D eigenvalue weighted by Gasteiger charge is 2.63. The third-order valence-corrected chi connectivity index (χ3v) is 4.17. The first-order valence-corrected chi connectivity index (χ1v) is 7.05. The van der Waals surface area contributed by atoms with Gasteiger partial charge in [-0.25, -0.2) is 4.39 Å². The van der Waals surface area contributed by atoms with Crippen molar-refractivity contribution in [2.24, 2.45) is 5.92 Å². The van der Waals surface area contributed by atoms with Crippen molar-refractivity contribution >= 4 is 11.7 Å². The zero-order chi connectivity index (χ0) is 15.0. The number of rotatable bonds is 3. The fraction of sp³-hybridized carbons (Fsp3) is 0.467. The highest BCUT2D eigenvalue weighted by Crippen LogP contribution is 2.47. The zero-order valence-electron chi connectivity index (χ0n) is 11.5. The Morgan fingerprint density at radius 2 is 1.95 bits per heavy atom. The maximum atomic E-state index is 13.6. The molecule has 1 saturated heterocycles. The minimum Gasteiger partial charge on any atom is -0.381 e. The Bertz CT molecular complexity index is 586. The second kappa shape index (κ2) is 5.20. The second-order valence-corrected chi connectivity index (χ2v) is 5.57. The number of benzene rings is 1. The Balaban J connectivity index is 1.74. The van der Waals surface area contributed by atoms with Crippen LogP contribution in [-0.2, 0) is 4.79 Å². The van der Waals surface area contributed by atoms with Crippen LogP contribution in [0.4, 0.5) is 4.39 Å². The summed E-state index contributed by atoms with van der Waals surface area (Å²) in [6, 6.07) is 5.52. The molecule has 3 rings (SSSR count). The Morgan fingerprint density at radius 3 is 2.62 bits per heavy atom. The Hall–Kier alpha value is -1.79. The monoisotopic (exact) mass is 292 g/mol. The van der Waals surface area contributed by atoms with Crippen LogP contribution in [0.25, 0.3) is 0 Å². The van der Waals surface area contributed by atoms with E-state index in [0.717, 1.165) is 0 Å². The van der Waals surface area contributed by atoms with Gasteiger partial charge in [0.2, 0.25) is 5.91 Å². The smallest absolute Gasteiger partial charge is 0.229 e. The Morgan fingerprint density at radius 1 is 1.29 bits per heavy atom. The van der Waals surface area contributed by atoms with Gasteiger partial charge in [-0.1, -0.05) is 12.1 Å². The van der Waals surface area contributed by atoms with Crippen molar-refractivity contribution in [3.05, 3.63) is 35.6 Å². The van der Waals surface area contributed by atoms with Gasteiger partial charge in [0.15, 0.2) is 5.78 Å². The molecule has 21 heavy (non-hydrogen) atoms. The normalized spacial score (nSPS) is 28.3. The summed E-state index contributed by atoms with van der Waals surface area (Å²) < 4.78 is 13.6. The first-order valence-electron chi connectivity index (χ1n) is 7.05. The number of hydrogen-bond acceptors (Lipinski definition) is 4. The van der Waals surface area contributed by atoms with Crippen molar-refractivity contribution < 1.29 is 19.1 Å². The molecule has 0 aromatic heterocycles. The lowest BCUT2D eigenvalue weighted by molar-refractivity contribution is -0.134. The van der Waals surface area contributed by atoms with Crippen LogP contribution in [0.3, 0.4) is 0 Å². The van der Waals surface area contributed by atoms with Gasteiger partial charge in [0.1, 0.15) is 11.4 Å². The Kier molecular flexibility index (Phi) is 3.51. The average molecular weight is 292 g/mol. The van der Waals surface area contributed by atoms with E-state index in [4.69, 9.17) is 0 Å². The standard InChI is InChI=1S/C15H17FN2O3/c16-12-4-2-1-3-10(12)13(19)15(21)9-11(15)14(20)18-7-5-17-6-8-18/h1-4,11,17,21H,5-9H2. The van der Waals surface area contributed by atoms with Gasteiger partial charge in [-0.05, 0) is 18.6 Å². The van der Waals surface area contributed by atoms with Crippen LogP contribution in [0.15, 0.2) is 24.3 Å². The molecular formula is C15H17FN2O3. The van der Waals surface area contributed by atoms with Gasteiger partial charge in [0.05, 0.1) is 11.5 Å². The fourth-order valence-corrected chi connectivity index (χ4v) is 2.78. The van der Waals surface area contributed by atoms with Crippen LogP contribution in [-0.4, -0.2) is 53.5 Å². The van der Waals surface area contributed by atoms with E-state index >= 15 is 0 Å². The number of nitrogens with zero attached hydrogens (tertiary/aromatic N) is 1.